The Balaban J connectivity index is 2.20. The number of benzene rings is 1. The van der Waals surface area contributed by atoms with Crippen molar-refractivity contribution in [3.63, 3.8) is 0 Å². The van der Waals surface area contributed by atoms with E-state index in [1.807, 2.05) is 19.9 Å². The van der Waals surface area contributed by atoms with E-state index in [-0.39, 0.29) is 23.6 Å². The summed E-state index contributed by atoms with van der Waals surface area (Å²) >= 11 is 0. The van der Waals surface area contributed by atoms with Crippen LogP contribution in [-0.4, -0.2) is 17.9 Å². The summed E-state index contributed by atoms with van der Waals surface area (Å²) in [6.07, 6.45) is 3.82. The average Bonchev–Trinajstić information content (AvgIpc) is 3.07. The molecule has 1 heterocycles. The van der Waals surface area contributed by atoms with E-state index in [1.165, 1.54) is 12.3 Å². The Kier molecular flexibility index (Phi) is 5.74. The largest absolute Gasteiger partial charge is 0.465 e. The van der Waals surface area contributed by atoms with E-state index in [9.17, 15) is 9.59 Å². The van der Waals surface area contributed by atoms with Crippen molar-refractivity contribution < 1.29 is 14.0 Å². The first kappa shape index (κ1) is 16.5. The molecule has 5 heteroatoms. The summed E-state index contributed by atoms with van der Waals surface area (Å²) in [6, 6.07) is 12.2. The molecule has 1 aromatic carbocycles. The lowest BCUT2D eigenvalue weighted by molar-refractivity contribution is -0.118. The van der Waals surface area contributed by atoms with Gasteiger partial charge in [0.2, 0.25) is 0 Å². The SMILES string of the molecule is CC[C@@H](C)NC(=O)/C(=C/c1ccco1)NC(=O)c1ccccc1. The third-order valence-electron chi connectivity index (χ3n) is 3.35. The normalized spacial score (nSPS) is 12.5. The highest BCUT2D eigenvalue weighted by molar-refractivity contribution is 6.05. The first-order chi connectivity index (χ1) is 11.1. The Morgan fingerprint density at radius 1 is 1.17 bits per heavy atom. The predicted molar refractivity (Wildman–Crippen MR) is 88.5 cm³/mol. The van der Waals surface area contributed by atoms with Crippen LogP contribution in [0.5, 0.6) is 0 Å². The van der Waals surface area contributed by atoms with Crippen LogP contribution in [0.25, 0.3) is 6.08 Å². The zero-order valence-electron chi connectivity index (χ0n) is 13.2. The maximum absolute atomic E-state index is 12.4. The van der Waals surface area contributed by atoms with Crippen molar-refractivity contribution in [2.45, 2.75) is 26.3 Å². The van der Waals surface area contributed by atoms with E-state index in [1.54, 1.807) is 36.4 Å². The van der Waals surface area contributed by atoms with Gasteiger partial charge < -0.3 is 15.1 Å². The van der Waals surface area contributed by atoms with Crippen LogP contribution >= 0.6 is 0 Å². The minimum absolute atomic E-state index is 0.0103. The first-order valence-corrected chi connectivity index (χ1v) is 7.52. The molecular formula is C18H20N2O3. The molecule has 2 amide bonds. The van der Waals surface area contributed by atoms with Gasteiger partial charge in [0.25, 0.3) is 11.8 Å². The fourth-order valence-corrected chi connectivity index (χ4v) is 1.86. The van der Waals surface area contributed by atoms with Crippen LogP contribution in [0.2, 0.25) is 0 Å². The Hall–Kier alpha value is -2.82. The Morgan fingerprint density at radius 3 is 2.52 bits per heavy atom. The summed E-state index contributed by atoms with van der Waals surface area (Å²) in [4.78, 5) is 24.7. The number of nitrogens with one attached hydrogen (secondary N) is 2. The molecule has 0 aliphatic heterocycles. The molecule has 2 aromatic rings. The summed E-state index contributed by atoms with van der Waals surface area (Å²) in [6.45, 7) is 3.88. The number of carbonyl (C=O) groups is 2. The molecule has 23 heavy (non-hydrogen) atoms. The van der Waals surface area contributed by atoms with Gasteiger partial charge in [-0.25, -0.2) is 0 Å². The lowest BCUT2D eigenvalue weighted by Gasteiger charge is -2.14. The van der Waals surface area contributed by atoms with Crippen molar-refractivity contribution >= 4 is 17.9 Å². The molecular weight excluding hydrogens is 292 g/mol. The lowest BCUT2D eigenvalue weighted by atomic mass is 10.2. The highest BCUT2D eigenvalue weighted by Gasteiger charge is 2.16. The molecule has 0 aliphatic rings. The van der Waals surface area contributed by atoms with Crippen LogP contribution in [0.3, 0.4) is 0 Å². The van der Waals surface area contributed by atoms with Crippen LogP contribution in [0.15, 0.2) is 58.8 Å². The van der Waals surface area contributed by atoms with E-state index in [0.29, 0.717) is 11.3 Å². The van der Waals surface area contributed by atoms with Gasteiger partial charge in [0.05, 0.1) is 6.26 Å². The van der Waals surface area contributed by atoms with Crippen LogP contribution in [0.4, 0.5) is 0 Å². The van der Waals surface area contributed by atoms with Gasteiger partial charge in [-0.2, -0.15) is 0 Å². The van der Waals surface area contributed by atoms with E-state index >= 15 is 0 Å². The topological polar surface area (TPSA) is 71.3 Å². The second-order valence-electron chi connectivity index (χ2n) is 5.18. The first-order valence-electron chi connectivity index (χ1n) is 7.52. The summed E-state index contributed by atoms with van der Waals surface area (Å²) in [5, 5.41) is 5.49. The zero-order valence-corrected chi connectivity index (χ0v) is 13.2. The number of carbonyl (C=O) groups excluding carboxylic acids is 2. The van der Waals surface area contributed by atoms with Crippen molar-refractivity contribution in [2.75, 3.05) is 0 Å². The third-order valence-corrected chi connectivity index (χ3v) is 3.35. The predicted octanol–water partition coefficient (Wildman–Crippen LogP) is 2.97. The molecule has 0 radical (unpaired) electrons. The standard InChI is InChI=1S/C18H20N2O3/c1-3-13(2)19-18(22)16(12-15-10-7-11-23-15)20-17(21)14-8-5-4-6-9-14/h4-13H,3H2,1-2H3,(H,19,22)(H,20,21)/b16-12-/t13-/m1/s1. The minimum Gasteiger partial charge on any atom is -0.465 e. The van der Waals surface area contributed by atoms with Gasteiger partial charge in [0.15, 0.2) is 0 Å². The Bertz CT molecular complexity index is 676. The zero-order chi connectivity index (χ0) is 16.7. The van der Waals surface area contributed by atoms with Crippen molar-refractivity contribution in [1.29, 1.82) is 0 Å². The molecule has 0 bridgehead atoms. The quantitative estimate of drug-likeness (QED) is 0.806. The van der Waals surface area contributed by atoms with Crippen LogP contribution < -0.4 is 10.6 Å². The van der Waals surface area contributed by atoms with Crippen molar-refractivity contribution in [3.8, 4) is 0 Å². The minimum atomic E-state index is -0.347. The van der Waals surface area contributed by atoms with Gasteiger partial charge in [-0.05, 0) is 37.6 Å². The number of hydrogen-bond acceptors (Lipinski definition) is 3. The third kappa shape index (κ3) is 4.85. The van der Waals surface area contributed by atoms with Crippen molar-refractivity contribution in [1.82, 2.24) is 10.6 Å². The molecule has 0 fully saturated rings. The highest BCUT2D eigenvalue weighted by atomic mass is 16.3. The maximum atomic E-state index is 12.4. The molecule has 0 aliphatic carbocycles. The van der Waals surface area contributed by atoms with Crippen molar-refractivity contribution in [2.24, 2.45) is 0 Å². The molecule has 2 rings (SSSR count). The molecule has 5 nitrogen and oxygen atoms in total. The van der Waals surface area contributed by atoms with Gasteiger partial charge in [0, 0.05) is 17.7 Å². The smallest absolute Gasteiger partial charge is 0.268 e. The van der Waals surface area contributed by atoms with E-state index in [2.05, 4.69) is 10.6 Å². The molecule has 0 spiro atoms. The molecule has 0 saturated carbocycles. The molecule has 1 aromatic heterocycles. The van der Waals surface area contributed by atoms with Crippen LogP contribution in [0, 0.1) is 0 Å². The Labute approximate surface area is 135 Å². The number of furan rings is 1. The molecule has 1 atom stereocenters. The van der Waals surface area contributed by atoms with E-state index in [4.69, 9.17) is 4.42 Å². The molecule has 2 N–H and O–H groups in total. The molecule has 0 saturated heterocycles. The fourth-order valence-electron chi connectivity index (χ4n) is 1.86. The van der Waals surface area contributed by atoms with Crippen molar-refractivity contribution in [3.05, 3.63) is 65.7 Å². The number of amides is 2. The van der Waals surface area contributed by atoms with E-state index in [0.717, 1.165) is 6.42 Å². The van der Waals surface area contributed by atoms with Gasteiger partial charge in [-0.3, -0.25) is 9.59 Å². The second-order valence-corrected chi connectivity index (χ2v) is 5.18. The monoisotopic (exact) mass is 312 g/mol. The van der Waals surface area contributed by atoms with Crippen LogP contribution in [-0.2, 0) is 4.79 Å². The van der Waals surface area contributed by atoms with Gasteiger partial charge >= 0.3 is 0 Å². The number of hydrogen-bond donors (Lipinski definition) is 2. The summed E-state index contributed by atoms with van der Waals surface area (Å²) < 4.78 is 5.23. The molecule has 0 unspecified atom stereocenters. The van der Waals surface area contributed by atoms with Gasteiger partial charge in [-0.1, -0.05) is 25.1 Å². The lowest BCUT2D eigenvalue weighted by Crippen LogP contribution is -2.38. The van der Waals surface area contributed by atoms with E-state index < -0.39 is 0 Å². The summed E-state index contributed by atoms with van der Waals surface area (Å²) in [5.74, 6) is -0.199. The maximum Gasteiger partial charge on any atom is 0.268 e. The second kappa shape index (κ2) is 7.98. The number of rotatable bonds is 6. The highest BCUT2D eigenvalue weighted by Crippen LogP contribution is 2.08. The van der Waals surface area contributed by atoms with Gasteiger partial charge in [0.1, 0.15) is 11.5 Å². The molecule has 120 valence electrons. The Morgan fingerprint density at radius 2 is 1.91 bits per heavy atom. The van der Waals surface area contributed by atoms with Gasteiger partial charge in [-0.15, -0.1) is 0 Å². The fraction of sp³-hybridized carbons (Fsp3) is 0.222. The van der Waals surface area contributed by atoms with Crippen LogP contribution in [0.1, 0.15) is 36.4 Å². The summed E-state index contributed by atoms with van der Waals surface area (Å²) in [7, 11) is 0. The average molecular weight is 312 g/mol. The summed E-state index contributed by atoms with van der Waals surface area (Å²) in [5.41, 5.74) is 0.628.